The minimum absolute atomic E-state index is 0.0999. The number of aryl methyl sites for hydroxylation is 1. The van der Waals surface area contributed by atoms with E-state index in [2.05, 4.69) is 16.2 Å². The van der Waals surface area contributed by atoms with Gasteiger partial charge < -0.3 is 9.73 Å². The van der Waals surface area contributed by atoms with Gasteiger partial charge in [0.05, 0.1) is 6.04 Å². The van der Waals surface area contributed by atoms with E-state index in [0.717, 1.165) is 47.2 Å². The van der Waals surface area contributed by atoms with Crippen LogP contribution in [0.25, 0.3) is 0 Å². The molecule has 0 amide bonds. The maximum absolute atomic E-state index is 14.0. The van der Waals surface area contributed by atoms with Gasteiger partial charge in [-0.05, 0) is 42.9 Å². The average molecular weight is 347 g/mol. The Bertz CT molecular complexity index is 720. The molecule has 2 aromatic rings. The maximum atomic E-state index is 14.0. The van der Waals surface area contributed by atoms with Crippen molar-refractivity contribution in [2.45, 2.75) is 30.3 Å². The van der Waals surface area contributed by atoms with Crippen molar-refractivity contribution in [3.8, 4) is 0 Å². The van der Waals surface area contributed by atoms with Crippen LogP contribution in [0.15, 0.2) is 39.6 Å². The Balaban J connectivity index is 1.45. The fourth-order valence-corrected chi connectivity index (χ4v) is 4.68. The largest absolute Gasteiger partial charge is 0.465 e. The first-order chi connectivity index (χ1) is 11.7. The second-order valence-corrected chi connectivity index (χ2v) is 7.57. The Morgan fingerprint density at radius 3 is 3.08 bits per heavy atom. The van der Waals surface area contributed by atoms with Crippen LogP contribution in [0, 0.1) is 18.7 Å². The molecule has 0 radical (unpaired) electrons. The van der Waals surface area contributed by atoms with E-state index >= 15 is 0 Å². The van der Waals surface area contributed by atoms with Crippen LogP contribution in [0.5, 0.6) is 0 Å². The van der Waals surface area contributed by atoms with E-state index in [0.29, 0.717) is 5.92 Å². The molecule has 128 valence electrons. The van der Waals surface area contributed by atoms with E-state index in [9.17, 15) is 4.39 Å². The van der Waals surface area contributed by atoms with Crippen LogP contribution in [0.2, 0.25) is 0 Å². The van der Waals surface area contributed by atoms with Crippen molar-refractivity contribution in [2.75, 3.05) is 18.8 Å². The van der Waals surface area contributed by atoms with Crippen molar-refractivity contribution in [1.82, 2.24) is 16.2 Å². The summed E-state index contributed by atoms with van der Waals surface area (Å²) < 4.78 is 19.8. The van der Waals surface area contributed by atoms with Gasteiger partial charge in [0.2, 0.25) is 0 Å². The highest BCUT2D eigenvalue weighted by molar-refractivity contribution is 7.99. The Labute approximate surface area is 145 Å². The van der Waals surface area contributed by atoms with Crippen LogP contribution >= 0.6 is 11.8 Å². The molecule has 1 aromatic heterocycles. The number of hydrogen-bond acceptors (Lipinski definition) is 5. The number of rotatable bonds is 4. The standard InChI is InChI=1S/C18H22FN3OS/c1-11-5-6-16(23-11)17-12(10-21-22-17)9-20-15-7-8-24-18-13(15)3-2-4-14(18)19/h2-6,12,15,17,20-22H,7-10H2,1H3. The van der Waals surface area contributed by atoms with E-state index in [1.807, 2.05) is 31.2 Å². The van der Waals surface area contributed by atoms with Gasteiger partial charge in [-0.2, -0.15) is 0 Å². The summed E-state index contributed by atoms with van der Waals surface area (Å²) in [6, 6.07) is 9.82. The van der Waals surface area contributed by atoms with Crippen LogP contribution in [0.3, 0.4) is 0 Å². The lowest BCUT2D eigenvalue weighted by Gasteiger charge is -2.28. The van der Waals surface area contributed by atoms with E-state index in [1.165, 1.54) is 0 Å². The summed E-state index contributed by atoms with van der Waals surface area (Å²) in [6.07, 6.45) is 1.03. The predicted octanol–water partition coefficient (Wildman–Crippen LogP) is 3.32. The van der Waals surface area contributed by atoms with E-state index < -0.39 is 0 Å². The molecule has 4 nitrogen and oxygen atoms in total. The highest BCUT2D eigenvalue weighted by Gasteiger charge is 2.31. The van der Waals surface area contributed by atoms with E-state index in [1.54, 1.807) is 17.8 Å². The summed E-state index contributed by atoms with van der Waals surface area (Å²) in [7, 11) is 0. The van der Waals surface area contributed by atoms with Crippen LogP contribution < -0.4 is 16.2 Å². The van der Waals surface area contributed by atoms with Gasteiger partial charge >= 0.3 is 0 Å². The van der Waals surface area contributed by atoms with Gasteiger partial charge in [-0.15, -0.1) is 11.8 Å². The summed E-state index contributed by atoms with van der Waals surface area (Å²) in [5.41, 5.74) is 7.63. The highest BCUT2D eigenvalue weighted by Crippen LogP contribution is 2.38. The minimum atomic E-state index is -0.0999. The molecular weight excluding hydrogens is 325 g/mol. The Morgan fingerprint density at radius 1 is 1.33 bits per heavy atom. The Morgan fingerprint density at radius 2 is 2.25 bits per heavy atom. The number of furan rings is 1. The molecular formula is C18H22FN3OS. The normalized spacial score (nSPS) is 26.5. The number of halogens is 1. The Hall–Kier alpha value is -1.34. The molecule has 0 spiro atoms. The molecule has 0 aliphatic carbocycles. The van der Waals surface area contributed by atoms with Crippen molar-refractivity contribution >= 4 is 11.8 Å². The molecule has 1 aromatic carbocycles. The summed E-state index contributed by atoms with van der Waals surface area (Å²) >= 11 is 1.62. The van der Waals surface area contributed by atoms with Gasteiger partial charge in [0.1, 0.15) is 17.3 Å². The van der Waals surface area contributed by atoms with Crippen LogP contribution in [0.4, 0.5) is 4.39 Å². The summed E-state index contributed by atoms with van der Waals surface area (Å²) in [4.78, 5) is 0.808. The lowest BCUT2D eigenvalue weighted by molar-refractivity contribution is 0.346. The van der Waals surface area contributed by atoms with Gasteiger partial charge in [-0.25, -0.2) is 9.82 Å². The fraction of sp³-hybridized carbons (Fsp3) is 0.444. The molecule has 1 fully saturated rings. The zero-order valence-corrected chi connectivity index (χ0v) is 14.5. The lowest BCUT2D eigenvalue weighted by atomic mass is 9.97. The first-order valence-electron chi connectivity index (χ1n) is 8.41. The topological polar surface area (TPSA) is 49.2 Å². The number of nitrogens with one attached hydrogen (secondary N) is 3. The third-order valence-corrected chi connectivity index (χ3v) is 5.97. The third-order valence-electron chi connectivity index (χ3n) is 4.81. The van der Waals surface area contributed by atoms with Crippen molar-refractivity contribution in [3.05, 3.63) is 53.2 Å². The smallest absolute Gasteiger partial charge is 0.137 e. The molecule has 0 saturated carbocycles. The second-order valence-electron chi connectivity index (χ2n) is 6.47. The van der Waals surface area contributed by atoms with Crippen molar-refractivity contribution in [2.24, 2.45) is 5.92 Å². The number of hydrazine groups is 1. The van der Waals surface area contributed by atoms with Crippen molar-refractivity contribution in [1.29, 1.82) is 0 Å². The molecule has 3 heterocycles. The van der Waals surface area contributed by atoms with Crippen molar-refractivity contribution < 1.29 is 8.81 Å². The molecule has 3 unspecified atom stereocenters. The molecule has 24 heavy (non-hydrogen) atoms. The summed E-state index contributed by atoms with van der Waals surface area (Å²) in [5, 5.41) is 3.65. The molecule has 6 heteroatoms. The van der Waals surface area contributed by atoms with Crippen LogP contribution in [-0.4, -0.2) is 18.8 Å². The van der Waals surface area contributed by atoms with Crippen molar-refractivity contribution in [3.63, 3.8) is 0 Å². The molecule has 4 rings (SSSR count). The van der Waals surface area contributed by atoms with Crippen LogP contribution in [-0.2, 0) is 0 Å². The number of benzene rings is 1. The molecule has 2 aliphatic heterocycles. The quantitative estimate of drug-likeness (QED) is 0.792. The zero-order chi connectivity index (χ0) is 16.5. The predicted molar refractivity (Wildman–Crippen MR) is 93.3 cm³/mol. The molecule has 0 bridgehead atoms. The summed E-state index contributed by atoms with van der Waals surface area (Å²) in [5.74, 6) is 3.14. The fourth-order valence-electron chi connectivity index (χ4n) is 3.54. The minimum Gasteiger partial charge on any atom is -0.465 e. The average Bonchev–Trinajstić information content (AvgIpc) is 3.22. The lowest BCUT2D eigenvalue weighted by Crippen LogP contribution is -2.32. The van der Waals surface area contributed by atoms with E-state index in [-0.39, 0.29) is 17.9 Å². The molecule has 3 N–H and O–H groups in total. The number of hydrogen-bond donors (Lipinski definition) is 3. The number of thioether (sulfide) groups is 1. The first kappa shape index (κ1) is 16.1. The van der Waals surface area contributed by atoms with Crippen LogP contribution in [0.1, 0.15) is 35.6 Å². The second kappa shape index (κ2) is 6.88. The van der Waals surface area contributed by atoms with E-state index in [4.69, 9.17) is 4.42 Å². The van der Waals surface area contributed by atoms with Gasteiger partial charge in [-0.3, -0.25) is 5.43 Å². The monoisotopic (exact) mass is 347 g/mol. The first-order valence-corrected chi connectivity index (χ1v) is 9.40. The maximum Gasteiger partial charge on any atom is 0.137 e. The highest BCUT2D eigenvalue weighted by atomic mass is 32.2. The van der Waals surface area contributed by atoms with Gasteiger partial charge in [0.15, 0.2) is 0 Å². The van der Waals surface area contributed by atoms with Gasteiger partial charge in [0, 0.05) is 29.9 Å². The zero-order valence-electron chi connectivity index (χ0n) is 13.6. The molecule has 2 aliphatic rings. The summed E-state index contributed by atoms with van der Waals surface area (Å²) in [6.45, 7) is 3.70. The van der Waals surface area contributed by atoms with Gasteiger partial charge in [-0.1, -0.05) is 12.1 Å². The Kier molecular flexibility index (Phi) is 4.63. The SMILES string of the molecule is Cc1ccc(C2NNCC2CNC2CCSc3c(F)cccc32)o1. The third kappa shape index (κ3) is 3.11. The van der Waals surface area contributed by atoms with Gasteiger partial charge in [0.25, 0.3) is 0 Å². The number of fused-ring (bicyclic) bond motifs is 1. The molecule has 1 saturated heterocycles. The molecule has 3 atom stereocenters.